The van der Waals surface area contributed by atoms with E-state index in [1.807, 2.05) is 42.1 Å². The Morgan fingerprint density at radius 1 is 1.09 bits per heavy atom. The van der Waals surface area contributed by atoms with Gasteiger partial charge in [0, 0.05) is 44.4 Å². The highest BCUT2D eigenvalue weighted by Crippen LogP contribution is 2.37. The van der Waals surface area contributed by atoms with Crippen LogP contribution in [-0.4, -0.2) is 66.2 Å². The van der Waals surface area contributed by atoms with E-state index in [1.54, 1.807) is 31.3 Å². The number of hydrogen-bond donors (Lipinski definition) is 2. The molecule has 0 bridgehead atoms. The first-order valence-corrected chi connectivity index (χ1v) is 11.8. The van der Waals surface area contributed by atoms with Crippen molar-refractivity contribution in [2.45, 2.75) is 18.6 Å². The fourth-order valence-electron chi connectivity index (χ4n) is 3.21. The lowest BCUT2D eigenvalue weighted by molar-refractivity contribution is 0.391. The monoisotopic (exact) mass is 518 g/mol. The lowest BCUT2D eigenvalue weighted by Crippen LogP contribution is -2.11. The van der Waals surface area contributed by atoms with Gasteiger partial charge in [-0.2, -0.15) is 5.10 Å². The second-order valence-electron chi connectivity index (χ2n) is 7.12. The zero-order valence-electron chi connectivity index (χ0n) is 20.0. The number of methoxy groups -OCH3 is 2. The molecular formula is C22H27ClN8O3S. The van der Waals surface area contributed by atoms with Gasteiger partial charge in [-0.1, -0.05) is 24.6 Å². The van der Waals surface area contributed by atoms with Crippen molar-refractivity contribution in [2.75, 3.05) is 26.1 Å². The number of aryl methyl sites for hydroxylation is 1. The molecule has 0 fully saturated rings. The Bertz CT molecular complexity index is 1210. The Hall–Kier alpha value is -3.35. The summed E-state index contributed by atoms with van der Waals surface area (Å²) in [5.41, 5.74) is 1.34. The molecule has 1 aromatic carbocycles. The van der Waals surface area contributed by atoms with E-state index in [-0.39, 0.29) is 5.25 Å². The van der Waals surface area contributed by atoms with Gasteiger partial charge in [-0.3, -0.25) is 14.0 Å². The molecule has 3 heterocycles. The van der Waals surface area contributed by atoms with Crippen LogP contribution in [0.3, 0.4) is 0 Å². The van der Waals surface area contributed by atoms with Gasteiger partial charge < -0.3 is 14.6 Å². The zero-order valence-corrected chi connectivity index (χ0v) is 21.6. The van der Waals surface area contributed by atoms with Crippen LogP contribution in [-0.2, 0) is 13.5 Å². The van der Waals surface area contributed by atoms with Crippen LogP contribution < -0.4 is 14.2 Å². The molecule has 0 aliphatic rings. The van der Waals surface area contributed by atoms with E-state index >= 15 is 0 Å². The lowest BCUT2D eigenvalue weighted by atomic mass is 10.2. The Balaban J connectivity index is 0.00000167. The maximum absolute atomic E-state index is 7.00. The van der Waals surface area contributed by atoms with Crippen molar-refractivity contribution in [3.8, 4) is 28.7 Å². The third-order valence-electron chi connectivity index (χ3n) is 4.73. The van der Waals surface area contributed by atoms with Gasteiger partial charge in [-0.05, 0) is 30.1 Å². The first-order chi connectivity index (χ1) is 17.0. The Labute approximate surface area is 212 Å². The second-order valence-corrected chi connectivity index (χ2v) is 8.80. The molecule has 0 amide bonds. The molecule has 0 spiro atoms. The predicted molar refractivity (Wildman–Crippen MR) is 136 cm³/mol. The molecule has 186 valence electrons. The molecule has 0 aliphatic carbocycles. The van der Waals surface area contributed by atoms with E-state index in [0.717, 1.165) is 7.11 Å². The Kier molecular flexibility index (Phi) is 9.29. The van der Waals surface area contributed by atoms with E-state index in [0.29, 0.717) is 51.9 Å². The lowest BCUT2D eigenvalue weighted by Gasteiger charge is -2.18. The fourth-order valence-corrected chi connectivity index (χ4v) is 3.98. The van der Waals surface area contributed by atoms with E-state index in [2.05, 4.69) is 36.9 Å². The Morgan fingerprint density at radius 3 is 2.31 bits per heavy atom. The van der Waals surface area contributed by atoms with Crippen molar-refractivity contribution in [2.24, 2.45) is 7.05 Å². The number of hydrogen-bond acceptors (Lipinski definition) is 10. The maximum atomic E-state index is 7.00. The van der Waals surface area contributed by atoms with E-state index in [1.165, 1.54) is 11.9 Å². The second kappa shape index (κ2) is 12.4. The molecule has 0 aliphatic heterocycles. The summed E-state index contributed by atoms with van der Waals surface area (Å²) in [5.74, 6) is 3.00. The largest absolute Gasteiger partial charge is 0.494 e. The number of aliphatic hydroxyl groups excluding tert-OH is 1. The maximum Gasteiger partial charge on any atom is 0.239 e. The quantitative estimate of drug-likeness (QED) is 0.318. The standard InChI is InChI=1S/C21H23ClN8O2S.CH4O/c1-13(10-18-23-11-14(22)12-24-18)33-28-21-26-25-20(15-8-9-29(2)27-15)30(21)19-16(31-3)6-5-7-17(19)32-4;1-2/h5-9,11-13H,10H2,1-4H3,(H,26,28);2H,1H3. The highest BCUT2D eigenvalue weighted by atomic mass is 35.5. The number of ether oxygens (including phenoxy) is 2. The van der Waals surface area contributed by atoms with Crippen LogP contribution in [0.2, 0.25) is 5.02 Å². The third kappa shape index (κ3) is 6.21. The number of para-hydroxylation sites is 1. The summed E-state index contributed by atoms with van der Waals surface area (Å²) >= 11 is 7.37. The van der Waals surface area contributed by atoms with Crippen LogP contribution in [0.5, 0.6) is 11.5 Å². The number of aliphatic hydroxyl groups is 1. The minimum absolute atomic E-state index is 0.134. The normalized spacial score (nSPS) is 11.4. The fraction of sp³-hybridized carbons (Fsp3) is 0.318. The number of aromatic nitrogens is 7. The number of benzene rings is 1. The van der Waals surface area contributed by atoms with Crippen molar-refractivity contribution in [3.05, 3.63) is 53.7 Å². The number of nitrogens with zero attached hydrogens (tertiary/aromatic N) is 7. The summed E-state index contributed by atoms with van der Waals surface area (Å²) in [6.07, 6.45) is 5.69. The summed E-state index contributed by atoms with van der Waals surface area (Å²) in [6, 6.07) is 7.46. The minimum atomic E-state index is 0.134. The number of anilines is 1. The van der Waals surface area contributed by atoms with Gasteiger partial charge in [0.25, 0.3) is 0 Å². The van der Waals surface area contributed by atoms with Gasteiger partial charge in [-0.25, -0.2) is 9.97 Å². The predicted octanol–water partition coefficient (Wildman–Crippen LogP) is 3.43. The van der Waals surface area contributed by atoms with Gasteiger partial charge in [0.2, 0.25) is 5.95 Å². The molecule has 2 N–H and O–H groups in total. The molecule has 35 heavy (non-hydrogen) atoms. The van der Waals surface area contributed by atoms with Crippen molar-refractivity contribution in [3.63, 3.8) is 0 Å². The van der Waals surface area contributed by atoms with Crippen LogP contribution in [0.1, 0.15) is 12.7 Å². The molecular weight excluding hydrogens is 492 g/mol. The molecule has 13 heteroatoms. The highest BCUT2D eigenvalue weighted by molar-refractivity contribution is 8.01. The Morgan fingerprint density at radius 2 is 1.74 bits per heavy atom. The van der Waals surface area contributed by atoms with E-state index < -0.39 is 0 Å². The van der Waals surface area contributed by atoms with E-state index in [4.69, 9.17) is 26.2 Å². The summed E-state index contributed by atoms with van der Waals surface area (Å²) in [5, 5.41) is 20.9. The number of halogens is 1. The van der Waals surface area contributed by atoms with Gasteiger partial charge in [0.15, 0.2) is 5.82 Å². The van der Waals surface area contributed by atoms with Crippen LogP contribution in [0.25, 0.3) is 17.2 Å². The first-order valence-electron chi connectivity index (χ1n) is 10.5. The number of rotatable bonds is 9. The SMILES string of the molecule is CO.COc1cccc(OC)c1-n1c(NSC(C)Cc2ncc(Cl)cn2)nnc1-c1ccn(C)n1. The smallest absolute Gasteiger partial charge is 0.239 e. The third-order valence-corrected chi connectivity index (χ3v) is 5.79. The molecule has 1 unspecified atom stereocenters. The molecule has 4 rings (SSSR count). The number of nitrogens with one attached hydrogen (secondary N) is 1. The van der Waals surface area contributed by atoms with Crippen molar-refractivity contribution >= 4 is 29.5 Å². The zero-order chi connectivity index (χ0) is 25.4. The first kappa shape index (κ1) is 26.3. The van der Waals surface area contributed by atoms with Crippen LogP contribution in [0, 0.1) is 0 Å². The van der Waals surface area contributed by atoms with Crippen molar-refractivity contribution in [1.29, 1.82) is 0 Å². The average molecular weight is 519 g/mol. The van der Waals surface area contributed by atoms with Crippen molar-refractivity contribution < 1.29 is 14.6 Å². The van der Waals surface area contributed by atoms with Crippen LogP contribution >= 0.6 is 23.5 Å². The summed E-state index contributed by atoms with van der Waals surface area (Å²) in [6.45, 7) is 2.07. The molecule has 11 nitrogen and oxygen atoms in total. The van der Waals surface area contributed by atoms with Gasteiger partial charge in [-0.15, -0.1) is 10.2 Å². The summed E-state index contributed by atoms with van der Waals surface area (Å²) in [7, 11) is 6.07. The van der Waals surface area contributed by atoms with Gasteiger partial charge in [0.05, 0.1) is 19.2 Å². The molecule has 3 aromatic heterocycles. The van der Waals surface area contributed by atoms with Gasteiger partial charge in [0.1, 0.15) is 28.7 Å². The van der Waals surface area contributed by atoms with Crippen LogP contribution in [0.15, 0.2) is 42.9 Å². The highest BCUT2D eigenvalue weighted by Gasteiger charge is 2.24. The van der Waals surface area contributed by atoms with E-state index in [9.17, 15) is 0 Å². The molecule has 0 saturated carbocycles. The molecule has 0 radical (unpaired) electrons. The molecule has 0 saturated heterocycles. The van der Waals surface area contributed by atoms with Gasteiger partial charge >= 0.3 is 0 Å². The van der Waals surface area contributed by atoms with Crippen LogP contribution in [0.4, 0.5) is 5.95 Å². The molecule has 1 atom stereocenters. The topological polar surface area (TPSA) is 125 Å². The van der Waals surface area contributed by atoms with Crippen molar-refractivity contribution in [1.82, 2.24) is 34.5 Å². The average Bonchev–Trinajstić information content (AvgIpc) is 3.50. The molecule has 4 aromatic rings. The summed E-state index contributed by atoms with van der Waals surface area (Å²) < 4.78 is 18.1. The summed E-state index contributed by atoms with van der Waals surface area (Å²) in [4.78, 5) is 8.54. The minimum Gasteiger partial charge on any atom is -0.494 e.